The van der Waals surface area contributed by atoms with Crippen molar-refractivity contribution < 1.29 is 32.5 Å². The van der Waals surface area contributed by atoms with Gasteiger partial charge in [-0.2, -0.15) is 13.5 Å². The van der Waals surface area contributed by atoms with Gasteiger partial charge in [0.15, 0.2) is 23.9 Å². The maximum atomic E-state index is 13.4. The molecule has 0 N–H and O–H groups in total. The summed E-state index contributed by atoms with van der Waals surface area (Å²) in [5.41, 5.74) is 2.84. The number of benzene rings is 2. The Hall–Kier alpha value is -3.10. The van der Waals surface area contributed by atoms with Gasteiger partial charge >= 0.3 is 12.6 Å². The van der Waals surface area contributed by atoms with E-state index < -0.39 is 24.6 Å². The van der Waals surface area contributed by atoms with Crippen LogP contribution in [-0.4, -0.2) is 19.2 Å². The Morgan fingerprint density at radius 1 is 0.976 bits per heavy atom. The molecule has 1 heterocycles. The van der Waals surface area contributed by atoms with E-state index in [-0.39, 0.29) is 28.0 Å². The van der Waals surface area contributed by atoms with Gasteiger partial charge in [0, 0.05) is 12.0 Å². The van der Waals surface area contributed by atoms with Crippen molar-refractivity contribution in [3.8, 4) is 11.5 Å². The van der Waals surface area contributed by atoms with Gasteiger partial charge in [0.25, 0.3) is 0 Å². The van der Waals surface area contributed by atoms with Crippen LogP contribution in [-0.2, 0) is 22.4 Å². The highest BCUT2D eigenvalue weighted by molar-refractivity contribution is 6.35. The van der Waals surface area contributed by atoms with E-state index in [1.54, 1.807) is 6.92 Å². The number of nitrogens with zero attached hydrogens (tertiary/aromatic N) is 1. The van der Waals surface area contributed by atoms with Crippen molar-refractivity contribution in [1.82, 2.24) is 0 Å². The van der Waals surface area contributed by atoms with Crippen molar-refractivity contribution in [1.29, 1.82) is 0 Å². The normalized spacial score (nSPS) is 14.7. The number of esters is 1. The van der Waals surface area contributed by atoms with Crippen molar-refractivity contribution in [2.75, 3.05) is 6.61 Å². The summed E-state index contributed by atoms with van der Waals surface area (Å²) < 4.78 is 43.2. The molecular weight excluding hydrogens is 575 g/mol. The number of halogens is 4. The van der Waals surface area contributed by atoms with Gasteiger partial charge in [-0.1, -0.05) is 67.4 Å². The van der Waals surface area contributed by atoms with E-state index in [4.69, 9.17) is 32.7 Å². The monoisotopic (exact) mass is 607 g/mol. The second-order valence-corrected chi connectivity index (χ2v) is 11.6. The zero-order chi connectivity index (χ0) is 29.7. The minimum Gasteiger partial charge on any atom is -0.619 e. The van der Waals surface area contributed by atoms with Gasteiger partial charge in [0.2, 0.25) is 0 Å². The Morgan fingerprint density at radius 2 is 1.61 bits per heavy atom. The third-order valence-electron chi connectivity index (χ3n) is 6.91. The molecule has 0 amide bonds. The molecule has 0 saturated heterocycles. The van der Waals surface area contributed by atoms with E-state index in [9.17, 15) is 18.8 Å². The van der Waals surface area contributed by atoms with Crippen molar-refractivity contribution in [2.45, 2.75) is 65.1 Å². The molecule has 2 aromatic carbocycles. The lowest BCUT2D eigenvalue weighted by Gasteiger charge is -2.23. The van der Waals surface area contributed by atoms with Crippen LogP contribution >= 0.6 is 23.2 Å². The summed E-state index contributed by atoms with van der Waals surface area (Å²) in [6.07, 6.45) is 4.37. The molecule has 1 aliphatic rings. The molecule has 220 valence electrons. The Labute approximate surface area is 248 Å². The van der Waals surface area contributed by atoms with E-state index in [2.05, 4.69) is 18.6 Å². The first-order chi connectivity index (χ1) is 19.5. The molecule has 0 spiro atoms. The molecule has 2 unspecified atom stereocenters. The maximum absolute atomic E-state index is 13.4. The summed E-state index contributed by atoms with van der Waals surface area (Å²) in [6, 6.07) is 12.3. The highest BCUT2D eigenvalue weighted by atomic mass is 35.5. The zero-order valence-electron chi connectivity index (χ0n) is 23.1. The first-order valence-electron chi connectivity index (χ1n) is 13.6. The van der Waals surface area contributed by atoms with E-state index in [0.29, 0.717) is 34.3 Å². The van der Waals surface area contributed by atoms with E-state index in [1.807, 2.05) is 24.3 Å². The standard InChI is InChI=1S/C31H33Cl2F2NO5/c1-18(2)12-20-6-8-22(9-7-20)19(3)30(37)40-28(14-24-25(32)15-36(38)16-26(24)33)23-10-11-27(41-31(34)35)29(13-23)39-17-21-4-5-21/h6-11,13,15-16,18-19,21,28,31H,4-5,12,14,17H2,1-3H3. The number of carbonyl (C=O) groups is 1. The molecule has 1 aromatic heterocycles. The minimum absolute atomic E-state index is 0.0292. The summed E-state index contributed by atoms with van der Waals surface area (Å²) in [5.74, 6) is -0.225. The van der Waals surface area contributed by atoms with Gasteiger partial charge in [0.05, 0.1) is 12.5 Å². The Bertz CT molecular complexity index is 1330. The molecule has 0 radical (unpaired) electrons. The summed E-state index contributed by atoms with van der Waals surface area (Å²) >= 11 is 12.7. The fraction of sp³-hybridized carbons (Fsp3) is 0.419. The average molecular weight is 609 g/mol. The van der Waals surface area contributed by atoms with Crippen LogP contribution in [0.4, 0.5) is 8.78 Å². The molecule has 0 aliphatic heterocycles. The molecule has 1 saturated carbocycles. The lowest BCUT2D eigenvalue weighted by atomic mass is 9.96. The quantitative estimate of drug-likeness (QED) is 0.112. The number of ether oxygens (including phenoxy) is 3. The van der Waals surface area contributed by atoms with Crippen LogP contribution in [0.15, 0.2) is 54.9 Å². The van der Waals surface area contributed by atoms with Gasteiger partial charge in [-0.05, 0) is 66.8 Å². The van der Waals surface area contributed by atoms with Crippen molar-refractivity contribution in [3.63, 3.8) is 0 Å². The lowest BCUT2D eigenvalue weighted by Crippen LogP contribution is -2.26. The van der Waals surface area contributed by atoms with Crippen LogP contribution in [0.2, 0.25) is 10.0 Å². The van der Waals surface area contributed by atoms with Crippen molar-refractivity contribution >= 4 is 29.2 Å². The maximum Gasteiger partial charge on any atom is 0.387 e. The third-order valence-corrected chi connectivity index (χ3v) is 7.56. The van der Waals surface area contributed by atoms with Gasteiger partial charge in [-0.25, -0.2) is 0 Å². The number of aromatic nitrogens is 1. The fourth-order valence-electron chi connectivity index (χ4n) is 4.45. The highest BCUT2D eigenvalue weighted by Gasteiger charge is 2.28. The number of rotatable bonds is 13. The highest BCUT2D eigenvalue weighted by Crippen LogP contribution is 2.38. The molecule has 41 heavy (non-hydrogen) atoms. The van der Waals surface area contributed by atoms with Crippen LogP contribution in [0.1, 0.15) is 67.9 Å². The molecule has 2 atom stereocenters. The Balaban J connectivity index is 1.64. The van der Waals surface area contributed by atoms with Crippen LogP contribution in [0, 0.1) is 17.0 Å². The zero-order valence-corrected chi connectivity index (χ0v) is 24.6. The largest absolute Gasteiger partial charge is 0.619 e. The molecule has 1 aliphatic carbocycles. The molecule has 6 nitrogen and oxygen atoms in total. The molecule has 3 aromatic rings. The van der Waals surface area contributed by atoms with E-state index >= 15 is 0 Å². The molecule has 4 rings (SSSR count). The SMILES string of the molecule is CC(C)Cc1ccc(C(C)C(=O)OC(Cc2c(Cl)c[n+]([O-])cc2Cl)c2ccc(OC(F)F)c(OCC3CC3)c2)cc1. The van der Waals surface area contributed by atoms with Gasteiger partial charge in [-0.3, -0.25) is 4.79 Å². The number of pyridine rings is 1. The summed E-state index contributed by atoms with van der Waals surface area (Å²) in [6.45, 7) is 3.36. The second-order valence-electron chi connectivity index (χ2n) is 10.8. The van der Waals surface area contributed by atoms with Crippen molar-refractivity contribution in [2.24, 2.45) is 11.8 Å². The first kappa shape index (κ1) is 30.8. The predicted octanol–water partition coefficient (Wildman–Crippen LogP) is 7.85. The Morgan fingerprint density at radius 3 is 2.20 bits per heavy atom. The summed E-state index contributed by atoms with van der Waals surface area (Å²) in [4.78, 5) is 13.4. The van der Waals surface area contributed by atoms with Crippen LogP contribution < -0.4 is 14.2 Å². The molecule has 1 fully saturated rings. The topological polar surface area (TPSA) is 71.7 Å². The number of hydrogen-bond acceptors (Lipinski definition) is 5. The first-order valence-corrected chi connectivity index (χ1v) is 14.3. The van der Waals surface area contributed by atoms with E-state index in [0.717, 1.165) is 37.2 Å². The smallest absolute Gasteiger partial charge is 0.387 e. The predicted molar refractivity (Wildman–Crippen MR) is 153 cm³/mol. The fourth-order valence-corrected chi connectivity index (χ4v) is 5.05. The number of alkyl halides is 2. The average Bonchev–Trinajstić information content (AvgIpc) is 3.73. The summed E-state index contributed by atoms with van der Waals surface area (Å²) in [5, 5.41) is 12.0. The van der Waals surface area contributed by atoms with Crippen LogP contribution in [0.25, 0.3) is 0 Å². The second kappa shape index (κ2) is 13.7. The van der Waals surface area contributed by atoms with Gasteiger partial charge in [-0.15, -0.1) is 0 Å². The van der Waals surface area contributed by atoms with Crippen LogP contribution in [0.5, 0.6) is 11.5 Å². The van der Waals surface area contributed by atoms with Gasteiger partial charge in [0.1, 0.15) is 16.1 Å². The molecule has 10 heteroatoms. The van der Waals surface area contributed by atoms with Crippen LogP contribution in [0.3, 0.4) is 0 Å². The van der Waals surface area contributed by atoms with Gasteiger partial charge < -0.3 is 19.4 Å². The minimum atomic E-state index is -3.04. The Kier molecular flexibility index (Phi) is 10.3. The third kappa shape index (κ3) is 8.69. The van der Waals surface area contributed by atoms with Crippen molar-refractivity contribution in [3.05, 3.63) is 92.4 Å². The lowest BCUT2D eigenvalue weighted by molar-refractivity contribution is -0.605. The van der Waals surface area contributed by atoms with E-state index in [1.165, 1.54) is 23.8 Å². The number of carbonyl (C=O) groups excluding carboxylic acids is 1. The summed E-state index contributed by atoms with van der Waals surface area (Å²) in [7, 11) is 0. The number of hydrogen-bond donors (Lipinski definition) is 0. The molecular formula is C31H33Cl2F2NO5. The molecule has 0 bridgehead atoms.